The lowest BCUT2D eigenvalue weighted by Gasteiger charge is -2.09. The number of rotatable bonds is 2. The second-order valence-electron chi connectivity index (χ2n) is 3.29. The maximum Gasteiger partial charge on any atom is 0.416 e. The van der Waals surface area contributed by atoms with E-state index < -0.39 is 11.7 Å². The van der Waals surface area contributed by atoms with E-state index in [0.29, 0.717) is 17.5 Å². The molecular weight excluding hydrogens is 189 g/mol. The van der Waals surface area contributed by atoms with Crippen molar-refractivity contribution in [3.63, 3.8) is 0 Å². The van der Waals surface area contributed by atoms with Crippen molar-refractivity contribution in [2.45, 2.75) is 25.9 Å². The van der Waals surface area contributed by atoms with Crippen molar-refractivity contribution < 1.29 is 13.2 Å². The van der Waals surface area contributed by atoms with E-state index in [-0.39, 0.29) is 0 Å². The van der Waals surface area contributed by atoms with Crippen molar-refractivity contribution in [2.24, 2.45) is 0 Å². The van der Waals surface area contributed by atoms with E-state index in [0.717, 1.165) is 12.5 Å². The van der Waals surface area contributed by atoms with E-state index in [1.54, 1.807) is 6.07 Å². The molecule has 0 aliphatic carbocycles. The molecule has 0 nitrogen and oxygen atoms in total. The van der Waals surface area contributed by atoms with Gasteiger partial charge in [0.2, 0.25) is 0 Å². The molecule has 0 atom stereocenters. The van der Waals surface area contributed by atoms with Gasteiger partial charge in [-0.15, -0.1) is 0 Å². The summed E-state index contributed by atoms with van der Waals surface area (Å²) in [6, 6.07) is 3.95. The topological polar surface area (TPSA) is 0 Å². The van der Waals surface area contributed by atoms with Crippen molar-refractivity contribution in [1.29, 1.82) is 0 Å². The predicted octanol–water partition coefficient (Wildman–Crippen LogP) is 3.84. The van der Waals surface area contributed by atoms with Crippen LogP contribution in [0.15, 0.2) is 18.2 Å². The third-order valence-corrected chi connectivity index (χ3v) is 1.92. The summed E-state index contributed by atoms with van der Waals surface area (Å²) in [5, 5.41) is 0. The van der Waals surface area contributed by atoms with Gasteiger partial charge in [-0.2, -0.15) is 13.2 Å². The maximum atomic E-state index is 12.4. The molecular formula is C11H12F3. The molecule has 77 valence electrons. The summed E-state index contributed by atoms with van der Waals surface area (Å²) >= 11 is 0. The lowest BCUT2D eigenvalue weighted by Crippen LogP contribution is -2.06. The zero-order valence-corrected chi connectivity index (χ0v) is 7.99. The minimum atomic E-state index is -4.27. The minimum absolute atomic E-state index is 0.420. The van der Waals surface area contributed by atoms with E-state index in [2.05, 4.69) is 6.92 Å². The molecule has 3 heteroatoms. The van der Waals surface area contributed by atoms with Crippen LogP contribution in [0.3, 0.4) is 0 Å². The molecule has 0 aromatic heterocycles. The first-order valence-electron chi connectivity index (χ1n) is 4.46. The first-order valence-corrected chi connectivity index (χ1v) is 4.46. The molecule has 0 unspecified atom stereocenters. The Labute approximate surface area is 81.8 Å². The highest BCUT2D eigenvalue weighted by Crippen LogP contribution is 2.30. The molecule has 0 fully saturated rings. The summed E-state index contributed by atoms with van der Waals surface area (Å²) < 4.78 is 37.1. The van der Waals surface area contributed by atoms with Crippen molar-refractivity contribution in [1.82, 2.24) is 0 Å². The van der Waals surface area contributed by atoms with E-state index in [4.69, 9.17) is 0 Å². The second kappa shape index (κ2) is 4.03. The molecule has 1 rings (SSSR count). The van der Waals surface area contributed by atoms with Gasteiger partial charge in [0.15, 0.2) is 0 Å². The van der Waals surface area contributed by atoms with Crippen molar-refractivity contribution in [2.75, 3.05) is 0 Å². The van der Waals surface area contributed by atoms with Gasteiger partial charge < -0.3 is 0 Å². The molecule has 0 N–H and O–H groups in total. The van der Waals surface area contributed by atoms with Gasteiger partial charge in [-0.25, -0.2) is 0 Å². The Bertz CT molecular complexity index is 313. The minimum Gasteiger partial charge on any atom is -0.166 e. The summed E-state index contributed by atoms with van der Waals surface area (Å²) in [6.45, 7) is 5.47. The molecule has 0 aliphatic heterocycles. The van der Waals surface area contributed by atoms with Crippen LogP contribution >= 0.6 is 0 Å². The molecule has 14 heavy (non-hydrogen) atoms. The van der Waals surface area contributed by atoms with E-state index >= 15 is 0 Å². The first-order chi connectivity index (χ1) is 6.43. The van der Waals surface area contributed by atoms with E-state index in [9.17, 15) is 13.2 Å². The molecule has 0 bridgehead atoms. The number of alkyl halides is 3. The lowest BCUT2D eigenvalue weighted by molar-refractivity contribution is -0.137. The summed E-state index contributed by atoms with van der Waals surface area (Å²) in [5.74, 6) is 0. The van der Waals surface area contributed by atoms with Crippen molar-refractivity contribution in [3.05, 3.63) is 41.8 Å². The zero-order chi connectivity index (χ0) is 10.8. The Balaban J connectivity index is 3.07. The van der Waals surface area contributed by atoms with Gasteiger partial charge in [-0.05, 0) is 36.6 Å². The summed E-state index contributed by atoms with van der Waals surface area (Å²) in [7, 11) is 0. The predicted molar refractivity (Wildman–Crippen MR) is 49.9 cm³/mol. The van der Waals surface area contributed by atoms with Crippen LogP contribution in [-0.2, 0) is 12.6 Å². The fraction of sp³-hybridized carbons (Fsp3) is 0.364. The monoisotopic (exact) mass is 201 g/mol. The molecule has 0 heterocycles. The highest BCUT2D eigenvalue weighted by Gasteiger charge is 2.30. The molecule has 1 aromatic carbocycles. The number of hydrogen-bond donors (Lipinski definition) is 0. The average Bonchev–Trinajstić information content (AvgIpc) is 2.02. The highest BCUT2D eigenvalue weighted by atomic mass is 19.4. The maximum absolute atomic E-state index is 12.4. The first kappa shape index (κ1) is 11.1. The Morgan fingerprint density at radius 2 is 1.86 bits per heavy atom. The van der Waals surface area contributed by atoms with Gasteiger partial charge in [0.25, 0.3) is 0 Å². The highest BCUT2D eigenvalue weighted by molar-refractivity contribution is 5.33. The van der Waals surface area contributed by atoms with E-state index in [1.165, 1.54) is 6.07 Å². The quantitative estimate of drug-likeness (QED) is 0.682. The van der Waals surface area contributed by atoms with Crippen molar-refractivity contribution in [3.8, 4) is 0 Å². The van der Waals surface area contributed by atoms with Crippen molar-refractivity contribution >= 4 is 0 Å². The van der Waals surface area contributed by atoms with Crippen LogP contribution in [0.4, 0.5) is 13.2 Å². The molecule has 0 amide bonds. The van der Waals surface area contributed by atoms with Gasteiger partial charge in [0, 0.05) is 0 Å². The normalized spacial score (nSPS) is 11.8. The van der Waals surface area contributed by atoms with Crippen LogP contribution in [0.25, 0.3) is 0 Å². The molecule has 0 saturated carbocycles. The fourth-order valence-electron chi connectivity index (χ4n) is 1.36. The van der Waals surface area contributed by atoms with Gasteiger partial charge in [-0.3, -0.25) is 0 Å². The van der Waals surface area contributed by atoms with E-state index in [1.807, 2.05) is 6.92 Å². The average molecular weight is 201 g/mol. The SMILES string of the molecule is [CH2]c1cc(CCC)cc(C(F)(F)F)c1. The van der Waals surface area contributed by atoms with Crippen LogP contribution in [0.1, 0.15) is 30.0 Å². The third kappa shape index (κ3) is 2.76. The number of halogens is 3. The second-order valence-corrected chi connectivity index (χ2v) is 3.29. The molecule has 1 aromatic rings. The standard InChI is InChI=1S/C11H12F3/c1-3-4-9-5-8(2)6-10(7-9)11(12,13)14/h5-7H,2-4H2,1H3. The van der Waals surface area contributed by atoms with Crippen LogP contribution in [0.2, 0.25) is 0 Å². The summed E-state index contributed by atoms with van der Waals surface area (Å²) in [5.41, 5.74) is 0.518. The van der Waals surface area contributed by atoms with Crippen LogP contribution in [0.5, 0.6) is 0 Å². The Morgan fingerprint density at radius 3 is 2.36 bits per heavy atom. The number of benzene rings is 1. The summed E-state index contributed by atoms with van der Waals surface area (Å²) in [6.07, 6.45) is -2.77. The molecule has 0 aliphatic rings. The van der Waals surface area contributed by atoms with Gasteiger partial charge in [-0.1, -0.05) is 19.4 Å². The molecule has 0 spiro atoms. The smallest absolute Gasteiger partial charge is 0.166 e. The molecule has 0 saturated heterocycles. The largest absolute Gasteiger partial charge is 0.416 e. The van der Waals surface area contributed by atoms with Gasteiger partial charge >= 0.3 is 6.18 Å². The molecule has 1 radical (unpaired) electrons. The van der Waals surface area contributed by atoms with Crippen LogP contribution in [0, 0.1) is 6.92 Å². The van der Waals surface area contributed by atoms with Gasteiger partial charge in [0.1, 0.15) is 0 Å². The van der Waals surface area contributed by atoms with Crippen LogP contribution < -0.4 is 0 Å². The lowest BCUT2D eigenvalue weighted by atomic mass is 10.0. The number of hydrogen-bond acceptors (Lipinski definition) is 0. The Kier molecular flexibility index (Phi) is 3.19. The Hall–Kier alpha value is -0.990. The fourth-order valence-corrected chi connectivity index (χ4v) is 1.36. The summed E-state index contributed by atoms with van der Waals surface area (Å²) in [4.78, 5) is 0. The number of aryl methyl sites for hydroxylation is 1. The Morgan fingerprint density at radius 1 is 1.21 bits per heavy atom. The van der Waals surface area contributed by atoms with Crippen LogP contribution in [-0.4, -0.2) is 0 Å². The third-order valence-electron chi connectivity index (χ3n) is 1.92. The van der Waals surface area contributed by atoms with Gasteiger partial charge in [0.05, 0.1) is 5.56 Å². The zero-order valence-electron chi connectivity index (χ0n) is 7.99.